The maximum atomic E-state index is 13.3. The molecule has 1 aromatic heterocycles. The number of ether oxygens (including phenoxy) is 3. The predicted molar refractivity (Wildman–Crippen MR) is 136 cm³/mol. The monoisotopic (exact) mass is 502 g/mol. The fourth-order valence-corrected chi connectivity index (χ4v) is 5.36. The molecule has 2 aromatic rings. The lowest BCUT2D eigenvalue weighted by Crippen LogP contribution is -2.46. The summed E-state index contributed by atoms with van der Waals surface area (Å²) >= 11 is 1.13. The molecule has 0 radical (unpaired) electrons. The molecule has 190 valence electrons. The third-order valence-electron chi connectivity index (χ3n) is 6.55. The summed E-state index contributed by atoms with van der Waals surface area (Å²) in [5, 5.41) is 3.10. The molecule has 35 heavy (non-hydrogen) atoms. The molecule has 0 bridgehead atoms. The van der Waals surface area contributed by atoms with E-state index in [0.717, 1.165) is 30.6 Å². The molecule has 0 aliphatic heterocycles. The maximum Gasteiger partial charge on any atom is 0.333 e. The van der Waals surface area contributed by atoms with Gasteiger partial charge in [-0.3, -0.25) is 14.2 Å². The molecule has 9 heteroatoms. The topological polar surface area (TPSA) is 95.9 Å². The fourth-order valence-electron chi connectivity index (χ4n) is 4.34. The first-order chi connectivity index (χ1) is 16.8. The van der Waals surface area contributed by atoms with Crippen LogP contribution in [0.4, 0.5) is 0 Å². The second kappa shape index (κ2) is 12.1. The van der Waals surface area contributed by atoms with Crippen LogP contribution in [0, 0.1) is 11.8 Å². The molecule has 1 heterocycles. The number of amides is 1. The number of nitrogens with zero attached hydrogens (tertiary/aromatic N) is 1. The molecule has 1 aliphatic carbocycles. The zero-order valence-electron chi connectivity index (χ0n) is 21.0. The van der Waals surface area contributed by atoms with Crippen LogP contribution >= 0.6 is 11.3 Å². The number of nitrogens with one attached hydrogen (secondary N) is 1. The van der Waals surface area contributed by atoms with Crippen LogP contribution in [0.1, 0.15) is 45.6 Å². The van der Waals surface area contributed by atoms with Crippen LogP contribution in [0.25, 0.3) is 12.2 Å². The normalized spacial score (nSPS) is 21.0. The van der Waals surface area contributed by atoms with Gasteiger partial charge in [0.1, 0.15) is 22.7 Å². The molecule has 0 unspecified atom stereocenters. The van der Waals surface area contributed by atoms with Gasteiger partial charge in [-0.2, -0.15) is 0 Å². The lowest BCUT2D eigenvalue weighted by atomic mass is 9.78. The highest BCUT2D eigenvalue weighted by Crippen LogP contribution is 2.29. The first kappa shape index (κ1) is 26.5. The summed E-state index contributed by atoms with van der Waals surface area (Å²) in [6.45, 7) is 6.11. The number of hydrogen-bond acceptors (Lipinski definition) is 7. The van der Waals surface area contributed by atoms with E-state index in [1.807, 2.05) is 0 Å². The number of rotatable bonds is 8. The van der Waals surface area contributed by atoms with Crippen molar-refractivity contribution < 1.29 is 23.8 Å². The minimum Gasteiger partial charge on any atom is -0.497 e. The number of thiazole rings is 1. The van der Waals surface area contributed by atoms with Crippen molar-refractivity contribution in [2.75, 3.05) is 20.8 Å². The van der Waals surface area contributed by atoms with Gasteiger partial charge < -0.3 is 19.5 Å². The summed E-state index contributed by atoms with van der Waals surface area (Å²) in [7, 11) is 3.10. The highest BCUT2D eigenvalue weighted by molar-refractivity contribution is 7.07. The minimum absolute atomic E-state index is 0.0765. The maximum absolute atomic E-state index is 13.3. The molecule has 0 saturated heterocycles. The quantitative estimate of drug-likeness (QED) is 0.555. The second-order valence-corrected chi connectivity index (χ2v) is 9.85. The van der Waals surface area contributed by atoms with E-state index in [0.29, 0.717) is 38.1 Å². The molecule has 1 N–H and O–H groups in total. The molecule has 3 rings (SSSR count). The Morgan fingerprint density at radius 2 is 1.97 bits per heavy atom. The lowest BCUT2D eigenvalue weighted by molar-refractivity contribution is -0.135. The number of aromatic nitrogens is 1. The van der Waals surface area contributed by atoms with Crippen molar-refractivity contribution in [3.8, 4) is 11.5 Å². The van der Waals surface area contributed by atoms with Crippen molar-refractivity contribution in [1.82, 2.24) is 9.88 Å². The third-order valence-corrected chi connectivity index (χ3v) is 7.61. The smallest absolute Gasteiger partial charge is 0.333 e. The summed E-state index contributed by atoms with van der Waals surface area (Å²) in [6, 6.07) is 5.36. The van der Waals surface area contributed by atoms with Crippen molar-refractivity contribution in [1.29, 1.82) is 0 Å². The first-order valence-corrected chi connectivity index (χ1v) is 12.7. The molecule has 1 fully saturated rings. The van der Waals surface area contributed by atoms with Gasteiger partial charge in [-0.05, 0) is 43.4 Å². The van der Waals surface area contributed by atoms with Gasteiger partial charge in [-0.15, -0.1) is 11.3 Å². The Hall–Kier alpha value is -3.07. The number of carbonyl (C=O) groups excluding carboxylic acids is 2. The molecule has 8 nitrogen and oxygen atoms in total. The van der Waals surface area contributed by atoms with Crippen LogP contribution in [-0.2, 0) is 20.9 Å². The molecule has 1 aromatic carbocycles. The van der Waals surface area contributed by atoms with Crippen molar-refractivity contribution >= 4 is 35.4 Å². The van der Waals surface area contributed by atoms with E-state index in [-0.39, 0.29) is 30.7 Å². The van der Waals surface area contributed by atoms with Crippen molar-refractivity contribution in [2.24, 2.45) is 11.8 Å². The summed E-state index contributed by atoms with van der Waals surface area (Å²) < 4.78 is 17.8. The zero-order chi connectivity index (χ0) is 25.5. The Kier molecular flexibility index (Phi) is 9.14. The molecular formula is C26H34N2O6S. The largest absolute Gasteiger partial charge is 0.497 e. The van der Waals surface area contributed by atoms with Gasteiger partial charge in [-0.1, -0.05) is 26.7 Å². The lowest BCUT2D eigenvalue weighted by Gasteiger charge is -2.34. The highest BCUT2D eigenvalue weighted by atomic mass is 32.1. The SMILES string of the molecule is CCOC(=O)/C=c1\s/c(=C\c2ccc(OC)cc2OC)c(=O)n1CC(=O)N[C@H]1CCC[C@@H](C)[C@@H]1C. The van der Waals surface area contributed by atoms with Gasteiger partial charge in [0, 0.05) is 17.7 Å². The Morgan fingerprint density at radius 1 is 1.20 bits per heavy atom. The van der Waals surface area contributed by atoms with Crippen LogP contribution < -0.4 is 29.5 Å². The van der Waals surface area contributed by atoms with E-state index < -0.39 is 5.97 Å². The molecule has 3 atom stereocenters. The fraction of sp³-hybridized carbons (Fsp3) is 0.500. The first-order valence-electron chi connectivity index (χ1n) is 11.9. The van der Waals surface area contributed by atoms with Crippen LogP contribution in [0.15, 0.2) is 23.0 Å². The predicted octanol–water partition coefficient (Wildman–Crippen LogP) is 2.04. The van der Waals surface area contributed by atoms with E-state index in [4.69, 9.17) is 14.2 Å². The van der Waals surface area contributed by atoms with Gasteiger partial charge >= 0.3 is 5.97 Å². The Morgan fingerprint density at radius 3 is 2.66 bits per heavy atom. The number of benzene rings is 1. The Bertz CT molecular complexity index is 1230. The molecular weight excluding hydrogens is 468 g/mol. The second-order valence-electron chi connectivity index (χ2n) is 8.79. The zero-order valence-corrected chi connectivity index (χ0v) is 21.8. The van der Waals surface area contributed by atoms with Crippen molar-refractivity contribution in [3.63, 3.8) is 0 Å². The number of hydrogen-bond donors (Lipinski definition) is 1. The van der Waals surface area contributed by atoms with Crippen LogP contribution in [0.5, 0.6) is 11.5 Å². The van der Waals surface area contributed by atoms with Crippen LogP contribution in [-0.4, -0.2) is 43.3 Å². The summed E-state index contributed by atoms with van der Waals surface area (Å²) in [6.07, 6.45) is 6.10. The van der Waals surface area contributed by atoms with E-state index >= 15 is 0 Å². The van der Waals surface area contributed by atoms with E-state index in [1.54, 1.807) is 38.3 Å². The van der Waals surface area contributed by atoms with E-state index in [2.05, 4.69) is 19.2 Å². The number of carbonyl (C=O) groups is 2. The average Bonchev–Trinajstić information content (AvgIpc) is 3.11. The third kappa shape index (κ3) is 6.54. The van der Waals surface area contributed by atoms with Gasteiger partial charge in [-0.25, -0.2) is 4.79 Å². The Labute approximate surface area is 209 Å². The summed E-state index contributed by atoms with van der Waals surface area (Å²) in [4.78, 5) is 38.4. The van der Waals surface area contributed by atoms with E-state index in [9.17, 15) is 14.4 Å². The summed E-state index contributed by atoms with van der Waals surface area (Å²) in [5.41, 5.74) is 0.319. The molecule has 1 saturated carbocycles. The minimum atomic E-state index is -0.564. The van der Waals surface area contributed by atoms with Gasteiger partial charge in [0.05, 0.1) is 31.4 Å². The average molecular weight is 503 g/mol. The van der Waals surface area contributed by atoms with Crippen LogP contribution in [0.2, 0.25) is 0 Å². The number of esters is 1. The summed E-state index contributed by atoms with van der Waals surface area (Å²) in [5.74, 6) is 1.25. The van der Waals surface area contributed by atoms with Gasteiger partial charge in [0.25, 0.3) is 5.56 Å². The Balaban J connectivity index is 1.99. The van der Waals surface area contributed by atoms with E-state index in [1.165, 1.54) is 17.8 Å². The van der Waals surface area contributed by atoms with Crippen LogP contribution in [0.3, 0.4) is 0 Å². The highest BCUT2D eigenvalue weighted by Gasteiger charge is 2.28. The standard InChI is InChI=1S/C26H34N2O6S/c1-6-34-25(30)14-24-28(15-23(29)27-20-9-7-8-16(2)17(20)3)26(31)22(35-24)12-18-10-11-19(32-4)13-21(18)33-5/h10-14,16-17,20H,6-9,15H2,1-5H3,(H,27,29)/b22-12-,24-14-/t16-,17+,20+/m1/s1. The van der Waals surface area contributed by atoms with Crippen molar-refractivity contribution in [2.45, 2.75) is 52.6 Å². The molecule has 1 amide bonds. The van der Waals surface area contributed by atoms with Gasteiger partial charge in [0.15, 0.2) is 0 Å². The molecule has 1 aliphatic rings. The van der Waals surface area contributed by atoms with Crippen molar-refractivity contribution in [3.05, 3.63) is 43.3 Å². The van der Waals surface area contributed by atoms with Gasteiger partial charge in [0.2, 0.25) is 5.91 Å². The number of methoxy groups -OCH3 is 2. The molecule has 0 spiro atoms.